The Morgan fingerprint density at radius 2 is 1.58 bits per heavy atom. The first-order valence-electron chi connectivity index (χ1n) is 5.61. The molecule has 1 aromatic rings. The van der Waals surface area contributed by atoms with E-state index in [0.717, 1.165) is 18.2 Å². The van der Waals surface area contributed by atoms with E-state index >= 15 is 0 Å². The smallest absolute Gasteiger partial charge is 0.411 e. The molecule has 0 aliphatic heterocycles. The Morgan fingerprint density at radius 1 is 1.00 bits per heavy atom. The summed E-state index contributed by atoms with van der Waals surface area (Å²) >= 11 is 0. The van der Waals surface area contributed by atoms with Gasteiger partial charge in [-0.05, 0) is 17.7 Å². The van der Waals surface area contributed by atoms with Crippen LogP contribution in [-0.2, 0) is 20.2 Å². The summed E-state index contributed by atoms with van der Waals surface area (Å²) in [6.45, 7) is 0. The molecule has 1 unspecified atom stereocenters. The first-order chi connectivity index (χ1) is 10.1. The third-order valence-electron chi connectivity index (χ3n) is 3.16. The minimum absolute atomic E-state index is 0. The molecule has 0 bridgehead atoms. The largest absolute Gasteiger partial charge is 1.00 e. The van der Waals surface area contributed by atoms with Crippen molar-refractivity contribution in [3.63, 3.8) is 0 Å². The monoisotopic (exact) mass is 396 g/mol. The molecule has 4 N–H and O–H groups in total. The van der Waals surface area contributed by atoms with Gasteiger partial charge in [-0.2, -0.15) is 16.8 Å². The van der Waals surface area contributed by atoms with Gasteiger partial charge in [-0.15, -0.1) is 0 Å². The summed E-state index contributed by atoms with van der Waals surface area (Å²) in [6.07, 6.45) is -0.545. The van der Waals surface area contributed by atoms with Gasteiger partial charge in [0.2, 0.25) is 0 Å². The summed E-state index contributed by atoms with van der Waals surface area (Å²) in [4.78, 5) is -0.596. The molecular formula is C10H10N2Na2O8S2+2. The molecule has 14 heteroatoms. The first kappa shape index (κ1) is 24.0. The summed E-state index contributed by atoms with van der Waals surface area (Å²) in [5, 5.41) is 21.9. The van der Waals surface area contributed by atoms with Crippen LogP contribution in [0.1, 0.15) is 22.8 Å². The standard InChI is InChI=1S/C10H10N2O8S2.2Na/c13-11-8-4-9(22(18,19)20)7-3-5(21(15,16)17)1-2-6(7)10(8)12-14;;/h1-3,9,13-14H,4H2,(H,15,16,17)(H,18,19,20);;/q;2*+1/b11-8+,12-10+;;. The van der Waals surface area contributed by atoms with Gasteiger partial charge >= 0.3 is 59.1 Å². The molecule has 1 aromatic carbocycles. The molecule has 0 saturated heterocycles. The van der Waals surface area contributed by atoms with Crippen molar-refractivity contribution in [3.05, 3.63) is 29.3 Å². The second-order valence-electron chi connectivity index (χ2n) is 4.43. The average molecular weight is 396 g/mol. The van der Waals surface area contributed by atoms with Crippen LogP contribution in [-0.4, -0.2) is 47.8 Å². The van der Waals surface area contributed by atoms with E-state index in [4.69, 9.17) is 15.0 Å². The van der Waals surface area contributed by atoms with Crippen molar-refractivity contribution >= 4 is 31.7 Å². The summed E-state index contributed by atoms with van der Waals surface area (Å²) in [5.74, 6) is 0. The molecule has 1 atom stereocenters. The molecule has 24 heavy (non-hydrogen) atoms. The van der Waals surface area contributed by atoms with E-state index in [0.29, 0.717) is 0 Å². The van der Waals surface area contributed by atoms with Crippen LogP contribution in [0, 0.1) is 0 Å². The molecule has 0 radical (unpaired) electrons. The summed E-state index contributed by atoms with van der Waals surface area (Å²) < 4.78 is 63.5. The van der Waals surface area contributed by atoms with Crippen molar-refractivity contribution in [3.8, 4) is 0 Å². The van der Waals surface area contributed by atoms with Crippen LogP contribution < -0.4 is 59.1 Å². The van der Waals surface area contributed by atoms with Gasteiger partial charge in [0.15, 0.2) is 0 Å². The molecule has 0 fully saturated rings. The molecule has 1 aliphatic rings. The van der Waals surface area contributed by atoms with E-state index in [-0.39, 0.29) is 81.7 Å². The Hall–Kier alpha value is -0.0200. The van der Waals surface area contributed by atoms with Crippen LogP contribution in [0.2, 0.25) is 0 Å². The number of benzene rings is 1. The van der Waals surface area contributed by atoms with Crippen molar-refractivity contribution in [1.82, 2.24) is 0 Å². The van der Waals surface area contributed by atoms with Gasteiger partial charge in [0.05, 0.1) is 4.90 Å². The topological polar surface area (TPSA) is 174 Å². The zero-order chi connectivity index (χ0) is 16.7. The van der Waals surface area contributed by atoms with Gasteiger partial charge in [0.1, 0.15) is 16.7 Å². The van der Waals surface area contributed by atoms with Gasteiger partial charge in [-0.3, -0.25) is 9.11 Å². The van der Waals surface area contributed by atoms with Gasteiger partial charge in [0.25, 0.3) is 20.2 Å². The summed E-state index contributed by atoms with van der Waals surface area (Å²) in [7, 11) is -9.29. The van der Waals surface area contributed by atoms with Crippen molar-refractivity contribution < 1.29 is 95.5 Å². The molecule has 0 heterocycles. The van der Waals surface area contributed by atoms with Gasteiger partial charge in [0, 0.05) is 12.0 Å². The van der Waals surface area contributed by atoms with Crippen molar-refractivity contribution in [1.29, 1.82) is 0 Å². The van der Waals surface area contributed by atoms with Crippen LogP contribution >= 0.6 is 0 Å². The van der Waals surface area contributed by atoms with E-state index in [1.54, 1.807) is 0 Å². The van der Waals surface area contributed by atoms with E-state index in [2.05, 4.69) is 10.3 Å². The predicted molar refractivity (Wildman–Crippen MR) is 72.7 cm³/mol. The van der Waals surface area contributed by atoms with E-state index in [1.807, 2.05) is 0 Å². The Bertz CT molecular complexity index is 895. The number of hydrogen-bond donors (Lipinski definition) is 4. The van der Waals surface area contributed by atoms with Crippen LogP contribution in [0.4, 0.5) is 0 Å². The second-order valence-corrected chi connectivity index (χ2v) is 7.45. The number of hydrogen-bond acceptors (Lipinski definition) is 8. The molecule has 120 valence electrons. The molecular weight excluding hydrogens is 386 g/mol. The maximum atomic E-state index is 11.5. The number of rotatable bonds is 2. The zero-order valence-corrected chi connectivity index (χ0v) is 18.3. The van der Waals surface area contributed by atoms with Crippen molar-refractivity contribution in [2.45, 2.75) is 16.6 Å². The predicted octanol–water partition coefficient (Wildman–Crippen LogP) is -5.72. The number of fused-ring (bicyclic) bond motifs is 1. The Morgan fingerprint density at radius 3 is 2.00 bits per heavy atom. The van der Waals surface area contributed by atoms with Gasteiger partial charge in [-0.25, -0.2) is 0 Å². The molecule has 2 rings (SSSR count). The fourth-order valence-electron chi connectivity index (χ4n) is 2.19. The third-order valence-corrected chi connectivity index (χ3v) is 5.14. The van der Waals surface area contributed by atoms with Crippen LogP contribution in [0.15, 0.2) is 33.4 Å². The van der Waals surface area contributed by atoms with Gasteiger partial charge in [-0.1, -0.05) is 16.4 Å². The van der Waals surface area contributed by atoms with Crippen LogP contribution in [0.5, 0.6) is 0 Å². The maximum absolute atomic E-state index is 11.5. The molecule has 10 nitrogen and oxygen atoms in total. The summed E-state index contributed by atoms with van der Waals surface area (Å²) in [5.41, 5.74) is -0.856. The van der Waals surface area contributed by atoms with Crippen LogP contribution in [0.25, 0.3) is 0 Å². The van der Waals surface area contributed by atoms with Crippen molar-refractivity contribution in [2.24, 2.45) is 10.3 Å². The second kappa shape index (κ2) is 8.58. The Balaban J connectivity index is 0.00000264. The van der Waals surface area contributed by atoms with E-state index < -0.39 is 36.8 Å². The fourth-order valence-corrected chi connectivity index (χ4v) is 3.59. The Labute approximate surface area is 181 Å². The van der Waals surface area contributed by atoms with Crippen LogP contribution in [0.3, 0.4) is 0 Å². The Kier molecular flexibility index (Phi) is 8.57. The molecule has 0 saturated carbocycles. The minimum atomic E-state index is -4.68. The van der Waals surface area contributed by atoms with E-state index in [1.165, 1.54) is 0 Å². The normalized spacial score (nSPS) is 20.8. The third kappa shape index (κ3) is 4.78. The molecule has 0 amide bonds. The summed E-state index contributed by atoms with van der Waals surface area (Å²) in [6, 6.07) is 2.85. The number of oxime groups is 2. The SMILES string of the molecule is O=S(=O)(O)c1ccc2c(c1)C(S(=O)(=O)O)CC(=N\O)/C2=N/O.[Na+].[Na+]. The van der Waals surface area contributed by atoms with E-state index in [9.17, 15) is 21.4 Å². The molecule has 0 spiro atoms. The number of nitrogens with zero attached hydrogens (tertiary/aromatic N) is 2. The molecule has 1 aliphatic carbocycles. The maximum Gasteiger partial charge on any atom is 1.00 e. The minimum Gasteiger partial charge on any atom is -0.411 e. The van der Waals surface area contributed by atoms with Crippen molar-refractivity contribution in [2.75, 3.05) is 0 Å². The quantitative estimate of drug-likeness (QED) is 0.166. The fraction of sp³-hybridized carbons (Fsp3) is 0.200. The zero-order valence-electron chi connectivity index (χ0n) is 12.6. The molecule has 0 aromatic heterocycles. The first-order valence-corrected chi connectivity index (χ1v) is 8.55. The van der Waals surface area contributed by atoms with Gasteiger partial charge < -0.3 is 10.4 Å². The average Bonchev–Trinajstić information content (AvgIpc) is 2.42.